The van der Waals surface area contributed by atoms with Crippen LogP contribution in [-0.2, 0) is 4.79 Å². The van der Waals surface area contributed by atoms with E-state index in [0.717, 1.165) is 25.8 Å². The van der Waals surface area contributed by atoms with Gasteiger partial charge in [0, 0.05) is 35.0 Å². The van der Waals surface area contributed by atoms with Crippen LogP contribution in [0, 0.1) is 11.8 Å². The van der Waals surface area contributed by atoms with E-state index in [4.69, 9.17) is 5.73 Å². The van der Waals surface area contributed by atoms with E-state index in [1.54, 1.807) is 0 Å². The SMILES string of the molecule is Cl.NC[C@H]1CCC[C@H]1C(=O)NCC1CSCCS1. The van der Waals surface area contributed by atoms with E-state index in [2.05, 4.69) is 5.32 Å². The first-order valence-corrected chi connectivity index (χ1v) is 8.68. The summed E-state index contributed by atoms with van der Waals surface area (Å²) in [5, 5.41) is 3.74. The molecule has 0 radical (unpaired) electrons. The van der Waals surface area contributed by atoms with E-state index in [0.29, 0.717) is 17.7 Å². The van der Waals surface area contributed by atoms with Crippen molar-refractivity contribution in [1.82, 2.24) is 5.32 Å². The Hall–Kier alpha value is 0.420. The summed E-state index contributed by atoms with van der Waals surface area (Å²) in [6, 6.07) is 0. The number of halogens is 1. The third-order valence-electron chi connectivity index (χ3n) is 3.69. The van der Waals surface area contributed by atoms with Crippen molar-refractivity contribution in [2.45, 2.75) is 24.5 Å². The zero-order valence-corrected chi connectivity index (χ0v) is 13.0. The van der Waals surface area contributed by atoms with Crippen LogP contribution in [-0.4, -0.2) is 41.5 Å². The van der Waals surface area contributed by atoms with Crippen molar-refractivity contribution in [3.05, 3.63) is 0 Å². The highest BCUT2D eigenvalue weighted by atomic mass is 35.5. The van der Waals surface area contributed by atoms with Gasteiger partial charge in [0.15, 0.2) is 0 Å². The van der Waals surface area contributed by atoms with E-state index in [9.17, 15) is 4.79 Å². The molecule has 2 aliphatic rings. The summed E-state index contributed by atoms with van der Waals surface area (Å²) >= 11 is 3.99. The Bertz CT molecular complexity index is 262. The summed E-state index contributed by atoms with van der Waals surface area (Å²) < 4.78 is 0. The van der Waals surface area contributed by atoms with E-state index in [1.807, 2.05) is 23.5 Å². The lowest BCUT2D eigenvalue weighted by Crippen LogP contribution is -2.39. The first-order valence-electron chi connectivity index (χ1n) is 6.48. The quantitative estimate of drug-likeness (QED) is 0.830. The molecule has 0 aromatic carbocycles. The Balaban J connectivity index is 0.00000162. The minimum absolute atomic E-state index is 0. The van der Waals surface area contributed by atoms with Crippen LogP contribution < -0.4 is 11.1 Å². The largest absolute Gasteiger partial charge is 0.355 e. The molecule has 1 amide bonds. The summed E-state index contributed by atoms with van der Waals surface area (Å²) in [5.74, 6) is 4.50. The molecule has 3 N–H and O–H groups in total. The van der Waals surface area contributed by atoms with E-state index in [-0.39, 0.29) is 24.2 Å². The van der Waals surface area contributed by atoms with Gasteiger partial charge in [-0.25, -0.2) is 0 Å². The first kappa shape index (κ1) is 16.5. The highest BCUT2D eigenvalue weighted by Gasteiger charge is 2.32. The number of rotatable bonds is 4. The van der Waals surface area contributed by atoms with Crippen LogP contribution in [0.3, 0.4) is 0 Å². The van der Waals surface area contributed by atoms with Crippen LogP contribution in [0.25, 0.3) is 0 Å². The topological polar surface area (TPSA) is 55.1 Å². The Kier molecular flexibility index (Phi) is 7.84. The molecule has 6 heteroatoms. The van der Waals surface area contributed by atoms with Crippen molar-refractivity contribution in [3.63, 3.8) is 0 Å². The molecule has 2 rings (SSSR count). The Labute approximate surface area is 124 Å². The van der Waals surface area contributed by atoms with Crippen molar-refractivity contribution < 1.29 is 4.79 Å². The average molecular weight is 311 g/mol. The van der Waals surface area contributed by atoms with Crippen LogP contribution >= 0.6 is 35.9 Å². The van der Waals surface area contributed by atoms with Gasteiger partial charge >= 0.3 is 0 Å². The highest BCUT2D eigenvalue weighted by Crippen LogP contribution is 2.31. The normalized spacial score (nSPS) is 31.7. The van der Waals surface area contributed by atoms with Crippen LogP contribution in [0.15, 0.2) is 0 Å². The molecule has 3 atom stereocenters. The summed E-state index contributed by atoms with van der Waals surface area (Å²) in [5.41, 5.74) is 5.71. The summed E-state index contributed by atoms with van der Waals surface area (Å²) in [7, 11) is 0. The van der Waals surface area contributed by atoms with Crippen LogP contribution in [0.5, 0.6) is 0 Å². The molecule has 2 fully saturated rings. The summed E-state index contributed by atoms with van der Waals surface area (Å²) in [6.07, 6.45) is 3.32. The maximum atomic E-state index is 12.1. The number of amides is 1. The Morgan fingerprint density at radius 1 is 1.33 bits per heavy atom. The van der Waals surface area contributed by atoms with Gasteiger partial charge in [0.2, 0.25) is 5.91 Å². The number of hydrogen-bond acceptors (Lipinski definition) is 4. The second-order valence-electron chi connectivity index (χ2n) is 4.85. The molecule has 1 saturated heterocycles. The number of nitrogens with two attached hydrogens (primary N) is 1. The molecule has 0 aromatic heterocycles. The maximum absolute atomic E-state index is 12.1. The van der Waals surface area contributed by atoms with Gasteiger partial charge in [-0.2, -0.15) is 23.5 Å². The van der Waals surface area contributed by atoms with Crippen LogP contribution in [0.2, 0.25) is 0 Å². The molecule has 0 spiro atoms. The third kappa shape index (κ3) is 4.51. The van der Waals surface area contributed by atoms with Gasteiger partial charge in [-0.15, -0.1) is 12.4 Å². The van der Waals surface area contributed by atoms with Gasteiger partial charge in [-0.05, 0) is 25.3 Å². The first-order chi connectivity index (χ1) is 8.31. The highest BCUT2D eigenvalue weighted by molar-refractivity contribution is 8.06. The number of nitrogens with one attached hydrogen (secondary N) is 1. The van der Waals surface area contributed by atoms with Gasteiger partial charge in [-0.1, -0.05) is 6.42 Å². The van der Waals surface area contributed by atoms with Gasteiger partial charge in [-0.3, -0.25) is 4.79 Å². The molecule has 106 valence electrons. The molecular formula is C12H23ClN2OS2. The maximum Gasteiger partial charge on any atom is 0.223 e. The van der Waals surface area contributed by atoms with Crippen molar-refractivity contribution in [3.8, 4) is 0 Å². The average Bonchev–Trinajstić information content (AvgIpc) is 2.85. The molecule has 1 aliphatic heterocycles. The molecule has 3 nitrogen and oxygen atoms in total. The molecule has 0 aromatic rings. The lowest BCUT2D eigenvalue weighted by Gasteiger charge is -2.23. The van der Waals surface area contributed by atoms with Gasteiger partial charge in [0.1, 0.15) is 0 Å². The van der Waals surface area contributed by atoms with Crippen LogP contribution in [0.1, 0.15) is 19.3 Å². The second-order valence-corrected chi connectivity index (χ2v) is 7.40. The van der Waals surface area contributed by atoms with Crippen molar-refractivity contribution in [2.75, 3.05) is 30.3 Å². The molecule has 1 heterocycles. The monoisotopic (exact) mass is 310 g/mol. The van der Waals surface area contributed by atoms with Crippen LogP contribution in [0.4, 0.5) is 0 Å². The van der Waals surface area contributed by atoms with Gasteiger partial charge in [0.25, 0.3) is 0 Å². The third-order valence-corrected chi connectivity index (χ3v) is 6.53. The minimum Gasteiger partial charge on any atom is -0.355 e. The van der Waals surface area contributed by atoms with Crippen molar-refractivity contribution >= 4 is 41.8 Å². The zero-order valence-electron chi connectivity index (χ0n) is 10.6. The molecular weight excluding hydrogens is 288 g/mol. The van der Waals surface area contributed by atoms with Gasteiger partial charge in [0.05, 0.1) is 0 Å². The molecule has 1 saturated carbocycles. The van der Waals surface area contributed by atoms with Crippen molar-refractivity contribution in [2.24, 2.45) is 17.6 Å². The number of thioether (sulfide) groups is 2. The smallest absolute Gasteiger partial charge is 0.223 e. The predicted molar refractivity (Wildman–Crippen MR) is 83.7 cm³/mol. The standard InChI is InChI=1S/C12H22N2OS2.ClH/c13-6-9-2-1-3-11(9)12(15)14-7-10-8-16-4-5-17-10;/h9-11H,1-8,13H2,(H,14,15);1H/t9-,10?,11-;/m1./s1. The minimum atomic E-state index is 0. The second kappa shape index (κ2) is 8.56. The fraction of sp³-hybridized carbons (Fsp3) is 0.917. The lowest BCUT2D eigenvalue weighted by molar-refractivity contribution is -0.125. The summed E-state index contributed by atoms with van der Waals surface area (Å²) in [6.45, 7) is 1.50. The van der Waals surface area contributed by atoms with E-state index in [1.165, 1.54) is 17.3 Å². The fourth-order valence-electron chi connectivity index (χ4n) is 2.66. The molecule has 18 heavy (non-hydrogen) atoms. The molecule has 1 aliphatic carbocycles. The number of carbonyl (C=O) groups is 1. The molecule has 1 unspecified atom stereocenters. The van der Waals surface area contributed by atoms with Crippen molar-refractivity contribution in [1.29, 1.82) is 0 Å². The van der Waals surface area contributed by atoms with Gasteiger partial charge < -0.3 is 11.1 Å². The predicted octanol–water partition coefficient (Wildman–Crippen LogP) is 1.75. The van der Waals surface area contributed by atoms with E-state index >= 15 is 0 Å². The number of carbonyl (C=O) groups excluding carboxylic acids is 1. The number of hydrogen-bond donors (Lipinski definition) is 2. The van der Waals surface area contributed by atoms with E-state index < -0.39 is 0 Å². The Morgan fingerprint density at radius 3 is 2.83 bits per heavy atom. The zero-order chi connectivity index (χ0) is 12.1. The fourth-order valence-corrected chi connectivity index (χ4v) is 5.28. The Morgan fingerprint density at radius 2 is 2.17 bits per heavy atom. The molecule has 0 bridgehead atoms. The lowest BCUT2D eigenvalue weighted by atomic mass is 9.95. The summed E-state index contributed by atoms with van der Waals surface area (Å²) in [4.78, 5) is 12.1.